The second kappa shape index (κ2) is 8.64. The van der Waals surface area contributed by atoms with Gasteiger partial charge in [-0.2, -0.15) is 9.61 Å². The minimum absolute atomic E-state index is 0.262. The number of nitrogens with zero attached hydrogens (tertiary/aromatic N) is 5. The Bertz CT molecular complexity index is 2020. The van der Waals surface area contributed by atoms with Crippen LogP contribution in [0.25, 0.3) is 39.1 Å². The smallest absolute Gasteiger partial charge is 0.262 e. The predicted octanol–water partition coefficient (Wildman–Crippen LogP) is 5.65. The van der Waals surface area contributed by atoms with Crippen LogP contribution in [0, 0.1) is 0 Å². The molecule has 2 aliphatic rings. The minimum Gasteiger partial charge on any atom is -0.390 e. The van der Waals surface area contributed by atoms with Gasteiger partial charge in [-0.1, -0.05) is 66.7 Å². The van der Waals surface area contributed by atoms with Crippen molar-refractivity contribution < 1.29 is 14.7 Å². The van der Waals surface area contributed by atoms with E-state index in [2.05, 4.69) is 16.1 Å². The summed E-state index contributed by atoms with van der Waals surface area (Å²) in [7, 11) is 0. The van der Waals surface area contributed by atoms with Gasteiger partial charge < -0.3 is 5.11 Å². The molecule has 0 saturated heterocycles. The van der Waals surface area contributed by atoms with Crippen LogP contribution in [0.4, 0.5) is 0 Å². The Morgan fingerprint density at radius 3 is 2.12 bits per heavy atom. The summed E-state index contributed by atoms with van der Waals surface area (Å²) in [4.78, 5) is 38.0. The largest absolute Gasteiger partial charge is 0.390 e. The molecule has 3 aromatic carbocycles. The lowest BCUT2D eigenvalue weighted by Gasteiger charge is -2.55. The van der Waals surface area contributed by atoms with Crippen LogP contribution in [-0.2, 0) is 5.54 Å². The molecule has 1 aliphatic heterocycles. The molecule has 0 spiro atoms. The van der Waals surface area contributed by atoms with Crippen molar-refractivity contribution in [1.82, 2.24) is 24.5 Å². The molecule has 1 fully saturated rings. The average molecular weight is 552 g/mol. The van der Waals surface area contributed by atoms with Crippen molar-refractivity contribution in [2.75, 3.05) is 0 Å². The van der Waals surface area contributed by atoms with Gasteiger partial charge in [0.1, 0.15) is 0 Å². The van der Waals surface area contributed by atoms with Gasteiger partial charge in [-0.05, 0) is 36.2 Å². The van der Waals surface area contributed by atoms with E-state index in [1.165, 1.54) is 4.90 Å². The average Bonchev–Trinajstić information content (AvgIpc) is 3.58. The summed E-state index contributed by atoms with van der Waals surface area (Å²) in [6.45, 7) is 1.74. The first kappa shape index (κ1) is 24.6. The van der Waals surface area contributed by atoms with Gasteiger partial charge in [0.15, 0.2) is 11.3 Å². The highest BCUT2D eigenvalue weighted by Gasteiger charge is 2.60. The van der Waals surface area contributed by atoms with Gasteiger partial charge in [0.25, 0.3) is 11.8 Å². The molecule has 0 atom stereocenters. The quantitative estimate of drug-likeness (QED) is 0.284. The number of imide groups is 1. The van der Waals surface area contributed by atoms with Gasteiger partial charge in [-0.25, -0.2) is 9.97 Å². The third kappa shape index (κ3) is 3.48. The van der Waals surface area contributed by atoms with E-state index < -0.39 is 11.1 Å². The lowest BCUT2D eigenvalue weighted by Crippen LogP contribution is -2.63. The zero-order valence-electron chi connectivity index (χ0n) is 22.7. The maximum Gasteiger partial charge on any atom is 0.262 e. The van der Waals surface area contributed by atoms with E-state index in [9.17, 15) is 14.7 Å². The molecule has 0 radical (unpaired) electrons. The number of hydrogen-bond donors (Lipinski definition) is 1. The van der Waals surface area contributed by atoms with E-state index >= 15 is 0 Å². The number of fused-ring (bicyclic) bond motifs is 4. The summed E-state index contributed by atoms with van der Waals surface area (Å²) in [6.07, 6.45) is 4.04. The van der Waals surface area contributed by atoms with Gasteiger partial charge in [0.2, 0.25) is 0 Å². The fraction of sp³-hybridized carbons (Fsp3) is 0.147. The number of pyridine rings is 1. The molecular formula is C34H25N5O3. The molecule has 8 rings (SSSR count). The lowest BCUT2D eigenvalue weighted by atomic mass is 9.61. The van der Waals surface area contributed by atoms with Crippen molar-refractivity contribution in [3.63, 3.8) is 0 Å². The van der Waals surface area contributed by atoms with Gasteiger partial charge in [-0.15, -0.1) is 0 Å². The Balaban J connectivity index is 1.27. The molecule has 1 aliphatic carbocycles. The first-order chi connectivity index (χ1) is 20.3. The molecule has 8 nitrogen and oxygen atoms in total. The third-order valence-electron chi connectivity index (χ3n) is 8.54. The summed E-state index contributed by atoms with van der Waals surface area (Å²) in [5, 5.41) is 16.2. The van der Waals surface area contributed by atoms with Crippen LogP contribution in [0.2, 0.25) is 0 Å². The molecule has 6 aromatic rings. The third-order valence-corrected chi connectivity index (χ3v) is 8.54. The zero-order valence-corrected chi connectivity index (χ0v) is 22.7. The SMILES string of the molecule is C[C@]1(O)C[C@](c2ccc(-c3nc4c(cnc5ccnn54)cc3-c3ccccc3)cc2)(N2C(=O)c3ccccc3C2=O)C1. The number of aromatic nitrogens is 4. The van der Waals surface area contributed by atoms with E-state index in [1.54, 1.807) is 41.9 Å². The molecular weight excluding hydrogens is 526 g/mol. The van der Waals surface area contributed by atoms with Crippen LogP contribution >= 0.6 is 0 Å². The Morgan fingerprint density at radius 1 is 0.786 bits per heavy atom. The van der Waals surface area contributed by atoms with Crippen molar-refractivity contribution >= 4 is 28.5 Å². The highest BCUT2D eigenvalue weighted by Crippen LogP contribution is 2.54. The summed E-state index contributed by atoms with van der Waals surface area (Å²) in [5.74, 6) is -0.649. The van der Waals surface area contributed by atoms with Crippen molar-refractivity contribution in [1.29, 1.82) is 0 Å². The van der Waals surface area contributed by atoms with Crippen LogP contribution in [0.1, 0.15) is 46.0 Å². The van der Waals surface area contributed by atoms with E-state index in [4.69, 9.17) is 4.98 Å². The molecule has 8 heteroatoms. The fourth-order valence-electron chi connectivity index (χ4n) is 6.75. The topological polar surface area (TPSA) is 101 Å². The van der Waals surface area contributed by atoms with Crippen LogP contribution in [0.15, 0.2) is 103 Å². The normalized spacial score (nSPS) is 21.6. The van der Waals surface area contributed by atoms with E-state index in [0.29, 0.717) is 22.4 Å². The number of rotatable bonds is 4. The molecule has 204 valence electrons. The molecule has 2 amide bonds. The minimum atomic E-state index is -0.989. The first-order valence-corrected chi connectivity index (χ1v) is 13.8. The monoisotopic (exact) mass is 551 g/mol. The maximum atomic E-state index is 13.5. The number of hydrogen-bond acceptors (Lipinski definition) is 6. The number of amides is 2. The van der Waals surface area contributed by atoms with Gasteiger partial charge >= 0.3 is 0 Å². The van der Waals surface area contributed by atoms with E-state index in [0.717, 1.165) is 33.3 Å². The van der Waals surface area contributed by atoms with E-state index in [-0.39, 0.29) is 24.7 Å². The highest BCUT2D eigenvalue weighted by atomic mass is 16.3. The van der Waals surface area contributed by atoms with Gasteiger partial charge in [0.05, 0.1) is 34.2 Å². The summed E-state index contributed by atoms with van der Waals surface area (Å²) in [6, 6.07) is 28.7. The van der Waals surface area contributed by atoms with Gasteiger partial charge in [-0.3, -0.25) is 14.5 Å². The Hall–Kier alpha value is -5.21. The second-order valence-electron chi connectivity index (χ2n) is 11.5. The maximum absolute atomic E-state index is 13.5. The lowest BCUT2D eigenvalue weighted by molar-refractivity contribution is -0.118. The summed E-state index contributed by atoms with van der Waals surface area (Å²) in [5.41, 5.74) is 4.69. The van der Waals surface area contributed by atoms with Gasteiger partial charge in [0, 0.05) is 41.6 Å². The molecule has 0 unspecified atom stereocenters. The van der Waals surface area contributed by atoms with Crippen LogP contribution < -0.4 is 0 Å². The van der Waals surface area contributed by atoms with Crippen LogP contribution in [0.5, 0.6) is 0 Å². The molecule has 1 saturated carbocycles. The number of aliphatic hydroxyl groups is 1. The fourth-order valence-corrected chi connectivity index (χ4v) is 6.75. The Labute approximate surface area is 240 Å². The summed E-state index contributed by atoms with van der Waals surface area (Å²) < 4.78 is 1.73. The predicted molar refractivity (Wildman–Crippen MR) is 158 cm³/mol. The molecule has 42 heavy (non-hydrogen) atoms. The van der Waals surface area contributed by atoms with Crippen LogP contribution in [0.3, 0.4) is 0 Å². The molecule has 3 aromatic heterocycles. The van der Waals surface area contributed by atoms with E-state index in [1.807, 2.05) is 66.9 Å². The molecule has 4 heterocycles. The van der Waals surface area contributed by atoms with Crippen molar-refractivity contribution in [2.45, 2.75) is 30.9 Å². The number of carbonyl (C=O) groups is 2. The molecule has 1 N–H and O–H groups in total. The first-order valence-electron chi connectivity index (χ1n) is 13.8. The Morgan fingerprint density at radius 2 is 1.45 bits per heavy atom. The Kier molecular flexibility index (Phi) is 5.06. The summed E-state index contributed by atoms with van der Waals surface area (Å²) >= 11 is 0. The standard InChI is InChI=1S/C34H25N5O3/c1-33(42)19-34(20-33,38-31(40)25-9-5-6-10-26(25)32(38)41)24-13-11-22(12-14-24)29-27(21-7-3-2-4-8-21)17-23-18-35-28-15-16-36-39(28)30(23)37-29/h2-18,42H,19-20H2,1H3/t33-,34-. The van der Waals surface area contributed by atoms with Crippen LogP contribution in [-0.4, -0.2) is 47.0 Å². The zero-order chi connectivity index (χ0) is 28.6. The van der Waals surface area contributed by atoms with Crippen molar-refractivity contribution in [3.8, 4) is 22.4 Å². The number of carbonyl (C=O) groups excluding carboxylic acids is 2. The molecule has 0 bridgehead atoms. The highest BCUT2D eigenvalue weighted by molar-refractivity contribution is 6.22. The number of benzene rings is 3. The van der Waals surface area contributed by atoms with Crippen molar-refractivity contribution in [2.24, 2.45) is 0 Å². The second-order valence-corrected chi connectivity index (χ2v) is 11.5. The van der Waals surface area contributed by atoms with Crippen molar-refractivity contribution in [3.05, 3.63) is 120 Å².